The first-order valence-corrected chi connectivity index (χ1v) is 12.0. The third-order valence-electron chi connectivity index (χ3n) is 5.46. The quantitative estimate of drug-likeness (QED) is 0.495. The fraction of sp³-hybridized carbons (Fsp3) is 0.458. The second kappa shape index (κ2) is 12.0. The van der Waals surface area contributed by atoms with Crippen LogP contribution in [0.2, 0.25) is 0 Å². The van der Waals surface area contributed by atoms with E-state index in [1.807, 2.05) is 4.90 Å². The van der Waals surface area contributed by atoms with Gasteiger partial charge in [-0.05, 0) is 49.9 Å². The largest absolute Gasteiger partial charge is 0.462 e. The summed E-state index contributed by atoms with van der Waals surface area (Å²) in [6.07, 6.45) is 1.86. The molecule has 2 heterocycles. The summed E-state index contributed by atoms with van der Waals surface area (Å²) in [6, 6.07) is 6.26. The third-order valence-corrected chi connectivity index (χ3v) is 6.67. The third kappa shape index (κ3) is 6.62. The predicted molar refractivity (Wildman–Crippen MR) is 128 cm³/mol. The number of hydrogen-bond acceptors (Lipinski definition) is 7. The molecule has 0 bridgehead atoms. The van der Waals surface area contributed by atoms with Gasteiger partial charge in [-0.1, -0.05) is 12.1 Å². The minimum atomic E-state index is -0.599. The molecule has 3 rings (SSSR count). The molecule has 10 heteroatoms. The minimum absolute atomic E-state index is 0.000266. The fourth-order valence-corrected chi connectivity index (χ4v) is 5.06. The van der Waals surface area contributed by atoms with Crippen molar-refractivity contribution in [2.75, 3.05) is 38.7 Å². The maximum atomic E-state index is 13.7. The van der Waals surface area contributed by atoms with Crippen LogP contribution < -0.4 is 10.6 Å². The summed E-state index contributed by atoms with van der Waals surface area (Å²) in [5, 5.41) is 5.60. The van der Waals surface area contributed by atoms with Gasteiger partial charge in [-0.2, -0.15) is 0 Å². The van der Waals surface area contributed by atoms with Crippen molar-refractivity contribution in [1.82, 2.24) is 10.2 Å². The lowest BCUT2D eigenvalue weighted by molar-refractivity contribution is -0.117. The van der Waals surface area contributed by atoms with Crippen molar-refractivity contribution in [3.63, 3.8) is 0 Å². The van der Waals surface area contributed by atoms with Crippen LogP contribution in [-0.4, -0.2) is 62.1 Å². The molecule has 0 spiro atoms. The fourth-order valence-electron chi connectivity index (χ4n) is 3.90. The highest BCUT2D eigenvalue weighted by Crippen LogP contribution is 2.34. The maximum absolute atomic E-state index is 13.7. The molecule has 1 atom stereocenters. The SMILES string of the molecule is CCOC(=O)c1c(NC(=O)CN(Cc2cccc(F)c2)CC2CCCO2)sc(C(=O)NC)c1C. The lowest BCUT2D eigenvalue weighted by atomic mass is 10.1. The average Bonchev–Trinajstić information content (AvgIpc) is 3.40. The standard InChI is InChI=1S/C24H30FN3O5S/c1-4-32-24(31)20-15(2)21(22(30)26-3)34-23(20)27-19(29)14-28(13-18-9-6-10-33-18)12-16-7-5-8-17(25)11-16/h5,7-8,11,18H,4,6,9-10,12-14H2,1-3H3,(H,26,30)(H,27,29). The molecular formula is C24H30FN3O5S. The van der Waals surface area contributed by atoms with E-state index in [2.05, 4.69) is 10.6 Å². The van der Waals surface area contributed by atoms with E-state index < -0.39 is 5.97 Å². The maximum Gasteiger partial charge on any atom is 0.341 e. The molecule has 1 aliphatic heterocycles. The molecule has 8 nitrogen and oxygen atoms in total. The van der Waals surface area contributed by atoms with Crippen LogP contribution in [0.5, 0.6) is 0 Å². The van der Waals surface area contributed by atoms with Crippen LogP contribution in [-0.2, 0) is 20.8 Å². The lowest BCUT2D eigenvalue weighted by Crippen LogP contribution is -2.38. The number of benzene rings is 1. The molecule has 1 unspecified atom stereocenters. The molecule has 2 aromatic rings. The first-order valence-electron chi connectivity index (χ1n) is 11.2. The van der Waals surface area contributed by atoms with Gasteiger partial charge in [-0.25, -0.2) is 9.18 Å². The zero-order valence-corrected chi connectivity index (χ0v) is 20.4. The van der Waals surface area contributed by atoms with E-state index in [4.69, 9.17) is 9.47 Å². The Labute approximate surface area is 202 Å². The summed E-state index contributed by atoms with van der Waals surface area (Å²) in [4.78, 5) is 40.1. The van der Waals surface area contributed by atoms with E-state index >= 15 is 0 Å². The van der Waals surface area contributed by atoms with Gasteiger partial charge in [0.2, 0.25) is 5.91 Å². The summed E-state index contributed by atoms with van der Waals surface area (Å²) in [5.41, 5.74) is 1.37. The number of ether oxygens (including phenoxy) is 2. The van der Waals surface area contributed by atoms with Crippen molar-refractivity contribution in [1.29, 1.82) is 0 Å². The van der Waals surface area contributed by atoms with E-state index in [9.17, 15) is 18.8 Å². The van der Waals surface area contributed by atoms with Crippen molar-refractivity contribution in [2.45, 2.75) is 39.3 Å². The van der Waals surface area contributed by atoms with E-state index in [1.54, 1.807) is 26.0 Å². The molecule has 0 aliphatic carbocycles. The smallest absolute Gasteiger partial charge is 0.341 e. The first-order chi connectivity index (χ1) is 16.3. The summed E-state index contributed by atoms with van der Waals surface area (Å²) in [6.45, 7) is 5.07. The van der Waals surface area contributed by atoms with Gasteiger partial charge in [0.05, 0.1) is 29.7 Å². The molecule has 0 radical (unpaired) electrons. The Hall–Kier alpha value is -2.82. The van der Waals surface area contributed by atoms with Gasteiger partial charge in [-0.15, -0.1) is 11.3 Å². The monoisotopic (exact) mass is 491 g/mol. The number of carbonyl (C=O) groups excluding carboxylic acids is 3. The van der Waals surface area contributed by atoms with Crippen LogP contribution in [0.1, 0.15) is 50.9 Å². The van der Waals surface area contributed by atoms with Crippen molar-refractivity contribution < 1.29 is 28.2 Å². The number of hydrogen-bond donors (Lipinski definition) is 2. The summed E-state index contributed by atoms with van der Waals surface area (Å²) < 4.78 is 24.6. The Kier molecular flexibility index (Phi) is 9.14. The topological polar surface area (TPSA) is 97.0 Å². The first kappa shape index (κ1) is 25.8. The Morgan fingerprint density at radius 1 is 1.32 bits per heavy atom. The summed E-state index contributed by atoms with van der Waals surface area (Å²) in [7, 11) is 1.50. The van der Waals surface area contributed by atoms with E-state index in [1.165, 1.54) is 19.2 Å². The highest BCUT2D eigenvalue weighted by atomic mass is 32.1. The number of carbonyl (C=O) groups is 3. The Balaban J connectivity index is 1.79. The van der Waals surface area contributed by atoms with Crippen LogP contribution >= 0.6 is 11.3 Å². The number of nitrogens with one attached hydrogen (secondary N) is 2. The van der Waals surface area contributed by atoms with Gasteiger partial charge in [0.25, 0.3) is 5.91 Å². The summed E-state index contributed by atoms with van der Waals surface area (Å²) >= 11 is 1.03. The van der Waals surface area contributed by atoms with Gasteiger partial charge in [0, 0.05) is 26.7 Å². The molecule has 0 saturated carbocycles. The molecule has 2 N–H and O–H groups in total. The van der Waals surface area contributed by atoms with Gasteiger partial charge in [0.15, 0.2) is 0 Å². The summed E-state index contributed by atoms with van der Waals surface area (Å²) in [5.74, 6) is -1.64. The number of nitrogens with zero attached hydrogens (tertiary/aromatic N) is 1. The number of anilines is 1. The number of halogens is 1. The normalized spacial score (nSPS) is 15.4. The molecule has 1 aromatic heterocycles. The number of thiophene rings is 1. The second-order valence-corrected chi connectivity index (χ2v) is 9.06. The molecule has 184 valence electrons. The van der Waals surface area contributed by atoms with Crippen molar-refractivity contribution in [2.24, 2.45) is 0 Å². The second-order valence-electron chi connectivity index (χ2n) is 8.04. The van der Waals surface area contributed by atoms with Crippen molar-refractivity contribution in [3.05, 3.63) is 51.7 Å². The molecule has 1 fully saturated rings. The van der Waals surface area contributed by atoms with E-state index in [0.29, 0.717) is 30.1 Å². The zero-order chi connectivity index (χ0) is 24.7. The molecule has 34 heavy (non-hydrogen) atoms. The molecule has 1 aliphatic rings. The highest BCUT2D eigenvalue weighted by molar-refractivity contribution is 7.18. The Bertz CT molecular complexity index is 1040. The number of amides is 2. The molecule has 1 saturated heterocycles. The van der Waals surface area contributed by atoms with Crippen molar-refractivity contribution >= 4 is 34.1 Å². The highest BCUT2D eigenvalue weighted by Gasteiger charge is 2.27. The average molecular weight is 492 g/mol. The Morgan fingerprint density at radius 2 is 2.12 bits per heavy atom. The molecule has 2 amide bonds. The van der Waals surface area contributed by atoms with Gasteiger partial charge >= 0.3 is 5.97 Å². The number of rotatable bonds is 10. The lowest BCUT2D eigenvalue weighted by Gasteiger charge is -2.24. The molecular weight excluding hydrogens is 461 g/mol. The van der Waals surface area contributed by atoms with Crippen LogP contribution in [0.4, 0.5) is 9.39 Å². The minimum Gasteiger partial charge on any atom is -0.462 e. The van der Waals surface area contributed by atoms with Crippen LogP contribution in [0.25, 0.3) is 0 Å². The van der Waals surface area contributed by atoms with E-state index in [-0.39, 0.29) is 47.5 Å². The van der Waals surface area contributed by atoms with Gasteiger partial charge in [0.1, 0.15) is 10.8 Å². The zero-order valence-electron chi connectivity index (χ0n) is 19.6. The van der Waals surface area contributed by atoms with Crippen LogP contribution in [0.3, 0.4) is 0 Å². The predicted octanol–water partition coefficient (Wildman–Crippen LogP) is 3.35. The van der Waals surface area contributed by atoms with Crippen LogP contribution in [0.15, 0.2) is 24.3 Å². The van der Waals surface area contributed by atoms with Gasteiger partial charge in [-0.3, -0.25) is 14.5 Å². The van der Waals surface area contributed by atoms with Crippen LogP contribution in [0, 0.1) is 12.7 Å². The number of esters is 1. The van der Waals surface area contributed by atoms with Crippen molar-refractivity contribution in [3.8, 4) is 0 Å². The molecule has 1 aromatic carbocycles. The van der Waals surface area contributed by atoms with E-state index in [0.717, 1.165) is 29.7 Å². The Morgan fingerprint density at radius 3 is 2.76 bits per heavy atom. The van der Waals surface area contributed by atoms with Gasteiger partial charge < -0.3 is 20.1 Å².